The predicted octanol–water partition coefficient (Wildman–Crippen LogP) is 4.38. The summed E-state index contributed by atoms with van der Waals surface area (Å²) in [4.78, 5) is -2.27. The second-order valence-electron chi connectivity index (χ2n) is 3.28. The van der Waals surface area contributed by atoms with Crippen molar-refractivity contribution in [2.45, 2.75) is 9.79 Å². The molecule has 2 nitrogen and oxygen atoms in total. The minimum Gasteiger partial charge on any atom is -0.249 e. The summed E-state index contributed by atoms with van der Waals surface area (Å²) in [5, 5.41) is 0. The fraction of sp³-hybridized carbons (Fsp3) is 0.143. The van der Waals surface area contributed by atoms with Crippen molar-refractivity contribution in [2.75, 3.05) is 6.26 Å². The monoisotopic (exact) mass is 281 g/mol. The Balaban J connectivity index is 3.38. The summed E-state index contributed by atoms with van der Waals surface area (Å²) < 4.78 is 79.5. The number of hydrogen-bond acceptors (Lipinski definition) is 2. The first kappa shape index (κ1) is 13.2. The normalized spacial score (nSPS) is 20.6. The van der Waals surface area contributed by atoms with Crippen LogP contribution in [0, 0.1) is 4.78 Å². The van der Waals surface area contributed by atoms with E-state index in [1.807, 2.05) is 0 Å². The van der Waals surface area contributed by atoms with E-state index < -0.39 is 24.8 Å². The van der Waals surface area contributed by atoms with E-state index in [1.165, 1.54) is 0 Å². The van der Waals surface area contributed by atoms with Crippen LogP contribution in [0.4, 0.5) is 19.4 Å². The molecule has 0 bridgehead atoms. The van der Waals surface area contributed by atoms with Crippen LogP contribution in [0.1, 0.15) is 0 Å². The summed E-state index contributed by atoms with van der Waals surface area (Å²) in [5.41, 5.74) is 0. The minimum atomic E-state index is -9.67. The van der Waals surface area contributed by atoms with Crippen molar-refractivity contribution in [1.29, 1.82) is 4.78 Å². The molecule has 9 heteroatoms. The average Bonchev–Trinajstić information content (AvgIpc) is 1.99. The van der Waals surface area contributed by atoms with Crippen LogP contribution in [0.2, 0.25) is 0 Å². The molecule has 1 aromatic carbocycles. The number of rotatable bonds is 2. The molecule has 0 aliphatic carbocycles. The lowest BCUT2D eigenvalue weighted by Crippen LogP contribution is -2.06. The average molecular weight is 281 g/mol. The second-order valence-corrected chi connectivity index (χ2v) is 7.85. The van der Waals surface area contributed by atoms with E-state index in [4.69, 9.17) is 4.78 Å². The molecule has 0 aliphatic heterocycles. The van der Waals surface area contributed by atoms with Crippen LogP contribution < -0.4 is 0 Å². The number of benzene rings is 1. The molecule has 1 unspecified atom stereocenters. The summed E-state index contributed by atoms with van der Waals surface area (Å²) in [6.07, 6.45) is 0.988. The van der Waals surface area contributed by atoms with Crippen LogP contribution in [-0.2, 0) is 9.73 Å². The van der Waals surface area contributed by atoms with Crippen molar-refractivity contribution in [3.05, 3.63) is 24.3 Å². The highest BCUT2D eigenvalue weighted by atomic mass is 32.5. The molecule has 0 saturated carbocycles. The largest absolute Gasteiger partial charge is 0.310 e. The number of nitrogens with one attached hydrogen (secondary N) is 1. The van der Waals surface area contributed by atoms with Crippen molar-refractivity contribution < 1.29 is 23.6 Å². The SMILES string of the molecule is CS(=N)(=O)c1ccc(S(F)(F)(F)(F)F)cc1. The Hall–Kier alpha value is -0.830. The molecular weight excluding hydrogens is 273 g/mol. The van der Waals surface area contributed by atoms with Gasteiger partial charge in [-0.05, 0) is 24.3 Å². The minimum absolute atomic E-state index is 0.147. The lowest BCUT2D eigenvalue weighted by molar-refractivity contribution is 0.364. The maximum Gasteiger partial charge on any atom is 0.310 e. The third kappa shape index (κ3) is 3.08. The van der Waals surface area contributed by atoms with Crippen molar-refractivity contribution in [3.8, 4) is 0 Å². The zero-order valence-corrected chi connectivity index (χ0v) is 9.56. The van der Waals surface area contributed by atoms with Gasteiger partial charge in [-0.25, -0.2) is 8.99 Å². The van der Waals surface area contributed by atoms with Gasteiger partial charge < -0.3 is 0 Å². The van der Waals surface area contributed by atoms with E-state index >= 15 is 0 Å². The molecule has 1 atom stereocenters. The van der Waals surface area contributed by atoms with Gasteiger partial charge in [0.15, 0.2) is 0 Å². The molecular formula is C7H8F5NOS2. The molecule has 94 valence electrons. The molecule has 16 heavy (non-hydrogen) atoms. The van der Waals surface area contributed by atoms with Crippen LogP contribution >= 0.6 is 10.2 Å². The first-order valence-electron chi connectivity index (χ1n) is 3.78. The van der Waals surface area contributed by atoms with Crippen LogP contribution in [0.25, 0.3) is 0 Å². The van der Waals surface area contributed by atoms with Crippen LogP contribution in [-0.4, -0.2) is 10.5 Å². The van der Waals surface area contributed by atoms with E-state index in [0.29, 0.717) is 12.1 Å². The first-order valence-corrected chi connectivity index (χ1v) is 7.70. The van der Waals surface area contributed by atoms with Gasteiger partial charge in [0.1, 0.15) is 4.90 Å². The van der Waals surface area contributed by atoms with Gasteiger partial charge in [-0.1, -0.05) is 19.4 Å². The van der Waals surface area contributed by atoms with E-state index in [0.717, 1.165) is 6.26 Å². The molecule has 1 rings (SSSR count). The van der Waals surface area contributed by atoms with Crippen LogP contribution in [0.5, 0.6) is 0 Å². The van der Waals surface area contributed by atoms with E-state index in [2.05, 4.69) is 0 Å². The zero-order chi connectivity index (χ0) is 12.9. The smallest absolute Gasteiger partial charge is 0.249 e. The third-order valence-electron chi connectivity index (χ3n) is 1.72. The Bertz CT molecular complexity index is 516. The molecule has 1 aromatic rings. The number of halogens is 5. The van der Waals surface area contributed by atoms with E-state index in [-0.39, 0.29) is 17.0 Å². The van der Waals surface area contributed by atoms with Crippen LogP contribution in [0.3, 0.4) is 0 Å². The van der Waals surface area contributed by atoms with Gasteiger partial charge in [0, 0.05) is 11.2 Å². The quantitative estimate of drug-likeness (QED) is 0.803. The maximum absolute atomic E-state index is 12.3. The molecule has 0 saturated heterocycles. The van der Waals surface area contributed by atoms with Crippen molar-refractivity contribution >= 4 is 20.0 Å². The Morgan fingerprint density at radius 3 is 1.69 bits per heavy atom. The molecule has 0 fully saturated rings. The maximum atomic E-state index is 12.3. The number of hydrogen-bond donors (Lipinski definition) is 1. The van der Waals surface area contributed by atoms with Gasteiger partial charge in [-0.3, -0.25) is 0 Å². The molecule has 0 amide bonds. The van der Waals surface area contributed by atoms with Gasteiger partial charge in [-0.15, -0.1) is 0 Å². The molecule has 1 N–H and O–H groups in total. The lowest BCUT2D eigenvalue weighted by atomic mass is 10.4. The molecule has 0 radical (unpaired) electrons. The Kier molecular flexibility index (Phi) is 2.23. The summed E-state index contributed by atoms with van der Waals surface area (Å²) in [6.45, 7) is 0. The fourth-order valence-corrected chi connectivity index (χ4v) is 2.26. The second kappa shape index (κ2) is 2.70. The lowest BCUT2D eigenvalue weighted by Gasteiger charge is -2.40. The fourth-order valence-electron chi connectivity index (χ4n) is 0.956. The third-order valence-corrected chi connectivity index (χ3v) is 4.05. The molecule has 0 aromatic heterocycles. The highest BCUT2D eigenvalue weighted by molar-refractivity contribution is 8.45. The van der Waals surface area contributed by atoms with Gasteiger partial charge >= 0.3 is 10.2 Å². The Morgan fingerprint density at radius 1 is 1.06 bits per heavy atom. The topological polar surface area (TPSA) is 40.9 Å². The predicted molar refractivity (Wildman–Crippen MR) is 52.9 cm³/mol. The van der Waals surface area contributed by atoms with E-state index in [9.17, 15) is 23.6 Å². The van der Waals surface area contributed by atoms with Gasteiger partial charge in [0.25, 0.3) is 0 Å². The summed E-state index contributed by atoms with van der Waals surface area (Å²) >= 11 is 0. The molecule has 0 spiro atoms. The Labute approximate surface area is 89.2 Å². The highest BCUT2D eigenvalue weighted by Crippen LogP contribution is 3.02. The Morgan fingerprint density at radius 2 is 1.44 bits per heavy atom. The molecule has 0 heterocycles. The van der Waals surface area contributed by atoms with Crippen LogP contribution in [0.15, 0.2) is 34.1 Å². The van der Waals surface area contributed by atoms with Gasteiger partial charge in [-0.2, -0.15) is 0 Å². The standard InChI is InChI=1S/C7H8F5NOS2/c1-15(13,14)6-2-4-7(5-3-6)16(8,9,10,11)12/h2-5,13H,1H3. The van der Waals surface area contributed by atoms with E-state index in [1.54, 1.807) is 0 Å². The summed E-state index contributed by atoms with van der Waals surface area (Å²) in [7, 11) is -12.9. The molecule has 0 aliphatic rings. The zero-order valence-electron chi connectivity index (χ0n) is 7.92. The van der Waals surface area contributed by atoms with Crippen molar-refractivity contribution in [3.63, 3.8) is 0 Å². The van der Waals surface area contributed by atoms with Crippen molar-refractivity contribution in [2.24, 2.45) is 0 Å². The first-order chi connectivity index (χ1) is 6.70. The van der Waals surface area contributed by atoms with Crippen molar-refractivity contribution in [1.82, 2.24) is 0 Å². The highest BCUT2D eigenvalue weighted by Gasteiger charge is 2.65. The summed E-state index contributed by atoms with van der Waals surface area (Å²) in [6, 6.07) is 1.55. The summed E-state index contributed by atoms with van der Waals surface area (Å²) in [5.74, 6) is 0. The van der Waals surface area contributed by atoms with Gasteiger partial charge in [0.2, 0.25) is 0 Å². The van der Waals surface area contributed by atoms with Gasteiger partial charge in [0.05, 0.1) is 9.73 Å².